The van der Waals surface area contributed by atoms with Crippen molar-refractivity contribution in [2.45, 2.75) is 61.8 Å². The Bertz CT molecular complexity index is 476. The van der Waals surface area contributed by atoms with Crippen molar-refractivity contribution in [1.82, 2.24) is 9.97 Å². The molecule has 19 heavy (non-hydrogen) atoms. The first kappa shape index (κ1) is 15.6. The van der Waals surface area contributed by atoms with E-state index in [0.717, 1.165) is 22.8 Å². The molecule has 1 aromatic heterocycles. The van der Waals surface area contributed by atoms with Gasteiger partial charge in [-0.3, -0.25) is 9.97 Å². The Balaban J connectivity index is 0.000000191. The fourth-order valence-corrected chi connectivity index (χ4v) is 2.13. The SMILES string of the molecule is CC1=C(C)C(C)=C(C)C1.Cc1nc(C)c(C)nc1C. The van der Waals surface area contributed by atoms with Gasteiger partial charge in [0.05, 0.1) is 22.8 Å². The lowest BCUT2D eigenvalue weighted by atomic mass is 10.1. The zero-order valence-electron chi connectivity index (χ0n) is 13.6. The Labute approximate surface area is 117 Å². The Kier molecular flexibility index (Phi) is 5.04. The molecule has 0 fully saturated rings. The maximum Gasteiger partial charge on any atom is 0.0588 e. The minimum absolute atomic E-state index is 1.03. The highest BCUT2D eigenvalue weighted by molar-refractivity contribution is 5.43. The molecule has 0 N–H and O–H groups in total. The number of rotatable bonds is 0. The average Bonchev–Trinajstić information content (AvgIpc) is 2.55. The molecule has 2 rings (SSSR count). The van der Waals surface area contributed by atoms with E-state index < -0.39 is 0 Å². The highest BCUT2D eigenvalue weighted by Gasteiger charge is 2.10. The summed E-state index contributed by atoms with van der Waals surface area (Å²) in [5.41, 5.74) is 10.2. The van der Waals surface area contributed by atoms with Crippen molar-refractivity contribution in [1.29, 1.82) is 0 Å². The molecular formula is C17H26N2. The number of aromatic nitrogens is 2. The molecule has 0 aromatic carbocycles. The van der Waals surface area contributed by atoms with E-state index in [4.69, 9.17) is 0 Å². The summed E-state index contributed by atoms with van der Waals surface area (Å²) in [5.74, 6) is 0. The molecule has 0 aliphatic heterocycles. The van der Waals surface area contributed by atoms with Crippen LogP contribution in [0.4, 0.5) is 0 Å². The van der Waals surface area contributed by atoms with Crippen LogP contribution in [0.3, 0.4) is 0 Å². The van der Waals surface area contributed by atoms with E-state index >= 15 is 0 Å². The van der Waals surface area contributed by atoms with Crippen molar-refractivity contribution in [3.63, 3.8) is 0 Å². The molecule has 2 heteroatoms. The average molecular weight is 258 g/mol. The van der Waals surface area contributed by atoms with Gasteiger partial charge in [0.2, 0.25) is 0 Å². The van der Waals surface area contributed by atoms with E-state index in [2.05, 4.69) is 37.7 Å². The van der Waals surface area contributed by atoms with Crippen LogP contribution in [0.2, 0.25) is 0 Å². The van der Waals surface area contributed by atoms with E-state index in [-0.39, 0.29) is 0 Å². The maximum atomic E-state index is 4.31. The molecule has 0 unspecified atom stereocenters. The van der Waals surface area contributed by atoms with Crippen LogP contribution in [0.15, 0.2) is 22.3 Å². The van der Waals surface area contributed by atoms with Crippen LogP contribution in [0.5, 0.6) is 0 Å². The van der Waals surface area contributed by atoms with Gasteiger partial charge in [0.1, 0.15) is 0 Å². The molecule has 0 bridgehead atoms. The topological polar surface area (TPSA) is 25.8 Å². The Morgan fingerprint density at radius 1 is 0.526 bits per heavy atom. The van der Waals surface area contributed by atoms with Gasteiger partial charge in [-0.05, 0) is 73.0 Å². The normalized spacial score (nSPS) is 14.7. The maximum absolute atomic E-state index is 4.31. The molecule has 0 spiro atoms. The van der Waals surface area contributed by atoms with Crippen molar-refractivity contribution < 1.29 is 0 Å². The van der Waals surface area contributed by atoms with Gasteiger partial charge < -0.3 is 0 Å². The van der Waals surface area contributed by atoms with Crippen molar-refractivity contribution in [3.05, 3.63) is 45.1 Å². The van der Waals surface area contributed by atoms with E-state index in [1.54, 1.807) is 11.1 Å². The minimum atomic E-state index is 1.03. The minimum Gasteiger partial charge on any atom is -0.255 e. The van der Waals surface area contributed by atoms with E-state index in [1.165, 1.54) is 17.6 Å². The largest absolute Gasteiger partial charge is 0.255 e. The first-order valence-electron chi connectivity index (χ1n) is 6.85. The lowest BCUT2D eigenvalue weighted by Gasteiger charge is -2.01. The van der Waals surface area contributed by atoms with Crippen molar-refractivity contribution in [2.75, 3.05) is 0 Å². The van der Waals surface area contributed by atoms with Gasteiger partial charge in [0.25, 0.3) is 0 Å². The number of hydrogen-bond acceptors (Lipinski definition) is 2. The van der Waals surface area contributed by atoms with E-state index in [9.17, 15) is 0 Å². The number of aryl methyl sites for hydroxylation is 4. The summed E-state index contributed by atoms with van der Waals surface area (Å²) >= 11 is 0. The third kappa shape index (κ3) is 3.76. The predicted octanol–water partition coefficient (Wildman–Crippen LogP) is 4.77. The number of allylic oxidation sites excluding steroid dienone is 4. The van der Waals surface area contributed by atoms with Crippen molar-refractivity contribution in [3.8, 4) is 0 Å². The van der Waals surface area contributed by atoms with Crippen molar-refractivity contribution in [2.24, 2.45) is 0 Å². The van der Waals surface area contributed by atoms with Gasteiger partial charge >= 0.3 is 0 Å². The summed E-state index contributed by atoms with van der Waals surface area (Å²) in [5, 5.41) is 0. The summed E-state index contributed by atoms with van der Waals surface area (Å²) in [6.07, 6.45) is 1.21. The fourth-order valence-electron chi connectivity index (χ4n) is 2.13. The molecule has 1 aliphatic carbocycles. The molecule has 1 aromatic rings. The zero-order chi connectivity index (χ0) is 14.7. The summed E-state index contributed by atoms with van der Waals surface area (Å²) in [4.78, 5) is 8.62. The van der Waals surface area contributed by atoms with Crippen LogP contribution < -0.4 is 0 Å². The molecule has 0 saturated heterocycles. The molecule has 0 amide bonds. The standard InChI is InChI=1S/C9H14.C8H12N2/c1-6-5-7(2)9(4)8(6)3;1-5-6(2)10-8(4)7(3)9-5/h5H2,1-4H3;1-4H3. The molecule has 1 heterocycles. The Morgan fingerprint density at radius 3 is 0.947 bits per heavy atom. The van der Waals surface area contributed by atoms with Gasteiger partial charge in [-0.1, -0.05) is 11.1 Å². The zero-order valence-corrected chi connectivity index (χ0v) is 13.6. The second-order valence-electron chi connectivity index (χ2n) is 5.55. The highest BCUT2D eigenvalue weighted by atomic mass is 14.8. The molecule has 0 saturated carbocycles. The first-order valence-corrected chi connectivity index (χ1v) is 6.85. The fraction of sp³-hybridized carbons (Fsp3) is 0.529. The van der Waals surface area contributed by atoms with E-state index in [1.807, 2.05) is 27.7 Å². The Hall–Kier alpha value is -1.44. The summed E-state index contributed by atoms with van der Waals surface area (Å²) in [6, 6.07) is 0. The van der Waals surface area contributed by atoms with Crippen LogP contribution in [-0.2, 0) is 0 Å². The number of nitrogens with zero attached hydrogens (tertiary/aromatic N) is 2. The van der Waals surface area contributed by atoms with Crippen molar-refractivity contribution >= 4 is 0 Å². The Morgan fingerprint density at radius 2 is 0.789 bits per heavy atom. The van der Waals surface area contributed by atoms with Crippen LogP contribution in [0.25, 0.3) is 0 Å². The third-order valence-electron chi connectivity index (χ3n) is 4.09. The molecule has 0 atom stereocenters. The van der Waals surface area contributed by atoms with Gasteiger partial charge in [-0.25, -0.2) is 0 Å². The quantitative estimate of drug-likeness (QED) is 0.669. The van der Waals surface area contributed by atoms with Gasteiger partial charge in [0.15, 0.2) is 0 Å². The van der Waals surface area contributed by atoms with Crippen LogP contribution in [0.1, 0.15) is 56.9 Å². The predicted molar refractivity (Wildman–Crippen MR) is 82.3 cm³/mol. The molecule has 1 aliphatic rings. The summed E-state index contributed by atoms with van der Waals surface area (Å²) in [6.45, 7) is 16.8. The molecule has 0 radical (unpaired) electrons. The molecule has 2 nitrogen and oxygen atoms in total. The van der Waals surface area contributed by atoms with Gasteiger partial charge in [0, 0.05) is 0 Å². The van der Waals surface area contributed by atoms with Crippen LogP contribution in [0, 0.1) is 27.7 Å². The lowest BCUT2D eigenvalue weighted by molar-refractivity contribution is 0.959. The summed E-state index contributed by atoms with van der Waals surface area (Å²) in [7, 11) is 0. The first-order chi connectivity index (χ1) is 8.73. The third-order valence-corrected chi connectivity index (χ3v) is 4.09. The van der Waals surface area contributed by atoms with Gasteiger partial charge in [-0.15, -0.1) is 0 Å². The second kappa shape index (κ2) is 6.14. The molecular weight excluding hydrogens is 232 g/mol. The second-order valence-corrected chi connectivity index (χ2v) is 5.55. The van der Waals surface area contributed by atoms with Gasteiger partial charge in [-0.2, -0.15) is 0 Å². The monoisotopic (exact) mass is 258 g/mol. The highest BCUT2D eigenvalue weighted by Crippen LogP contribution is 2.30. The van der Waals surface area contributed by atoms with Crippen LogP contribution >= 0.6 is 0 Å². The van der Waals surface area contributed by atoms with E-state index in [0.29, 0.717) is 0 Å². The molecule has 104 valence electrons. The number of hydrogen-bond donors (Lipinski definition) is 0. The van der Waals surface area contributed by atoms with Crippen LogP contribution in [-0.4, -0.2) is 9.97 Å². The smallest absolute Gasteiger partial charge is 0.0588 e. The lowest BCUT2D eigenvalue weighted by Crippen LogP contribution is -1.97. The summed E-state index contributed by atoms with van der Waals surface area (Å²) < 4.78 is 0.